The van der Waals surface area contributed by atoms with Gasteiger partial charge >= 0.3 is 6.09 Å². The zero-order chi connectivity index (χ0) is 14.2. The van der Waals surface area contributed by atoms with Crippen molar-refractivity contribution in [3.63, 3.8) is 0 Å². The minimum atomic E-state index is -5.43. The quantitative estimate of drug-likeness (QED) is 0.489. The Bertz CT molecular complexity index is 600. The van der Waals surface area contributed by atoms with E-state index in [0.717, 1.165) is 0 Å². The van der Waals surface area contributed by atoms with Crippen molar-refractivity contribution in [3.05, 3.63) is 29.1 Å². The Balaban J connectivity index is 3.67. The molecule has 1 aromatic rings. The Morgan fingerprint density at radius 2 is 1.22 bits per heavy atom. The van der Waals surface area contributed by atoms with Gasteiger partial charge < -0.3 is 5.11 Å². The van der Waals surface area contributed by atoms with E-state index in [1.807, 2.05) is 0 Å². The van der Waals surface area contributed by atoms with Crippen LogP contribution < -0.4 is 4.72 Å². The summed E-state index contributed by atoms with van der Waals surface area (Å²) in [4.78, 5) is 7.79. The Morgan fingerprint density at radius 3 is 1.56 bits per heavy atom. The third-order valence-corrected chi connectivity index (χ3v) is 3.00. The van der Waals surface area contributed by atoms with E-state index in [-0.39, 0.29) is 0 Å². The number of sulfonamides is 1. The van der Waals surface area contributed by atoms with Gasteiger partial charge in [-0.05, 0) is 0 Å². The van der Waals surface area contributed by atoms with Crippen LogP contribution in [0.25, 0.3) is 0 Å². The fraction of sp³-hybridized carbons (Fsp3) is 0. The van der Waals surface area contributed by atoms with Crippen LogP contribution in [0.4, 0.5) is 26.7 Å². The molecule has 100 valence electrons. The van der Waals surface area contributed by atoms with Gasteiger partial charge in [-0.1, -0.05) is 0 Å². The van der Waals surface area contributed by atoms with Gasteiger partial charge in [0.2, 0.25) is 5.82 Å². The van der Waals surface area contributed by atoms with Crippen molar-refractivity contribution in [3.8, 4) is 0 Å². The summed E-state index contributed by atoms with van der Waals surface area (Å²) in [6, 6.07) is 0. The smallest absolute Gasteiger partial charge is 0.418 e. The fourth-order valence-corrected chi connectivity index (χ4v) is 1.97. The van der Waals surface area contributed by atoms with E-state index in [4.69, 9.17) is 5.11 Å². The highest BCUT2D eigenvalue weighted by molar-refractivity contribution is 7.90. The molecule has 1 amide bonds. The Morgan fingerprint density at radius 1 is 0.889 bits per heavy atom. The van der Waals surface area contributed by atoms with Crippen LogP contribution in [0.2, 0.25) is 0 Å². The first-order valence-corrected chi connectivity index (χ1v) is 5.35. The van der Waals surface area contributed by atoms with Crippen LogP contribution in [0.3, 0.4) is 0 Å². The maximum Gasteiger partial charge on any atom is 0.418 e. The maximum atomic E-state index is 13.0. The third-order valence-electron chi connectivity index (χ3n) is 1.66. The predicted octanol–water partition coefficient (Wildman–Crippen LogP) is 1.34. The van der Waals surface area contributed by atoms with Crippen LogP contribution in [0, 0.1) is 29.1 Å². The van der Waals surface area contributed by atoms with Crippen molar-refractivity contribution >= 4 is 16.1 Å². The van der Waals surface area contributed by atoms with Gasteiger partial charge in [0, 0.05) is 0 Å². The first-order valence-electron chi connectivity index (χ1n) is 3.86. The number of amides is 1. The molecule has 0 aliphatic carbocycles. The van der Waals surface area contributed by atoms with Crippen molar-refractivity contribution in [2.75, 3.05) is 0 Å². The highest BCUT2D eigenvalue weighted by Crippen LogP contribution is 2.26. The second kappa shape index (κ2) is 4.40. The first kappa shape index (κ1) is 14.2. The van der Waals surface area contributed by atoms with Gasteiger partial charge in [0.05, 0.1) is 0 Å². The third kappa shape index (κ3) is 2.20. The fourth-order valence-electron chi connectivity index (χ4n) is 0.987. The lowest BCUT2D eigenvalue weighted by molar-refractivity contribution is 0.201. The number of carbonyl (C=O) groups is 1. The summed E-state index contributed by atoms with van der Waals surface area (Å²) < 4.78 is 86.7. The molecule has 0 saturated heterocycles. The van der Waals surface area contributed by atoms with Gasteiger partial charge in [-0.3, -0.25) is 0 Å². The molecule has 2 N–H and O–H groups in total. The van der Waals surface area contributed by atoms with Crippen LogP contribution >= 0.6 is 0 Å². The van der Waals surface area contributed by atoms with Gasteiger partial charge in [-0.25, -0.2) is 39.9 Å². The minimum absolute atomic E-state index is 0.644. The number of rotatable bonds is 2. The molecule has 0 heterocycles. The topological polar surface area (TPSA) is 83.5 Å². The predicted molar refractivity (Wildman–Crippen MR) is 44.6 cm³/mol. The van der Waals surface area contributed by atoms with Crippen molar-refractivity contribution in [1.29, 1.82) is 0 Å². The Labute approximate surface area is 95.9 Å². The SMILES string of the molecule is O=C(O)NS(=O)(=O)c1c(F)c(F)c(F)c(F)c1F. The van der Waals surface area contributed by atoms with E-state index in [1.165, 1.54) is 0 Å². The molecule has 0 aromatic heterocycles. The van der Waals surface area contributed by atoms with Crippen molar-refractivity contribution < 1.29 is 40.3 Å². The standard InChI is InChI=1S/C7H2F5NO4S/c8-1-2(9)4(11)6(5(12)3(1)10)18(16,17)13-7(14)15/h13H,(H,14,15). The average Bonchev–Trinajstić information content (AvgIpc) is 2.21. The molecular formula is C7H2F5NO4S. The van der Waals surface area contributed by atoms with E-state index < -0.39 is 50.1 Å². The second-order valence-corrected chi connectivity index (χ2v) is 4.43. The van der Waals surface area contributed by atoms with Gasteiger partial charge in [0.25, 0.3) is 10.0 Å². The molecule has 11 heteroatoms. The average molecular weight is 291 g/mol. The van der Waals surface area contributed by atoms with Gasteiger partial charge in [0.1, 0.15) is 0 Å². The van der Waals surface area contributed by atoms with Crippen LogP contribution in [-0.4, -0.2) is 19.6 Å². The zero-order valence-corrected chi connectivity index (χ0v) is 8.79. The Hall–Kier alpha value is -1.91. The monoisotopic (exact) mass is 291 g/mol. The van der Waals surface area contributed by atoms with Crippen molar-refractivity contribution in [2.24, 2.45) is 0 Å². The lowest BCUT2D eigenvalue weighted by Gasteiger charge is -2.08. The summed E-state index contributed by atoms with van der Waals surface area (Å²) >= 11 is 0. The molecule has 1 rings (SSSR count). The normalized spacial score (nSPS) is 11.4. The zero-order valence-electron chi connectivity index (χ0n) is 7.97. The summed E-state index contributed by atoms with van der Waals surface area (Å²) in [7, 11) is -5.43. The molecule has 0 aliphatic heterocycles. The maximum absolute atomic E-state index is 13.0. The highest BCUT2D eigenvalue weighted by atomic mass is 32.2. The summed E-state index contributed by atoms with van der Waals surface area (Å²) in [6.45, 7) is 0. The first-order chi connectivity index (χ1) is 8.09. The molecule has 5 nitrogen and oxygen atoms in total. The number of benzene rings is 1. The van der Waals surface area contributed by atoms with Crippen LogP contribution in [0.15, 0.2) is 4.90 Å². The largest absolute Gasteiger partial charge is 0.464 e. The molecule has 18 heavy (non-hydrogen) atoms. The molecule has 0 fully saturated rings. The Kier molecular flexibility index (Phi) is 3.46. The van der Waals surface area contributed by atoms with E-state index in [9.17, 15) is 35.2 Å². The van der Waals surface area contributed by atoms with Crippen LogP contribution in [0.5, 0.6) is 0 Å². The van der Waals surface area contributed by atoms with E-state index in [2.05, 4.69) is 0 Å². The number of carboxylic acid groups (broad SMARTS) is 1. The van der Waals surface area contributed by atoms with Crippen molar-refractivity contribution in [2.45, 2.75) is 4.90 Å². The number of nitrogens with one attached hydrogen (secondary N) is 1. The summed E-state index contributed by atoms with van der Waals surface area (Å²) in [5.41, 5.74) is 0. The molecule has 0 spiro atoms. The number of hydrogen-bond acceptors (Lipinski definition) is 3. The van der Waals surface area contributed by atoms with Gasteiger partial charge in [-0.15, -0.1) is 0 Å². The number of halogens is 5. The molecule has 0 aliphatic rings. The molecule has 0 unspecified atom stereocenters. The lowest BCUT2D eigenvalue weighted by Crippen LogP contribution is -2.31. The van der Waals surface area contributed by atoms with E-state index >= 15 is 0 Å². The summed E-state index contributed by atoms with van der Waals surface area (Å²) in [6.07, 6.45) is -2.25. The molecule has 1 aromatic carbocycles. The molecular weight excluding hydrogens is 289 g/mol. The van der Waals surface area contributed by atoms with E-state index in [0.29, 0.717) is 4.72 Å². The molecule has 0 atom stereocenters. The van der Waals surface area contributed by atoms with Crippen molar-refractivity contribution in [1.82, 2.24) is 4.72 Å². The van der Waals surface area contributed by atoms with Gasteiger partial charge in [0.15, 0.2) is 28.2 Å². The van der Waals surface area contributed by atoms with Crippen LogP contribution in [-0.2, 0) is 10.0 Å². The highest BCUT2D eigenvalue weighted by Gasteiger charge is 2.34. The molecule has 0 bridgehead atoms. The van der Waals surface area contributed by atoms with Gasteiger partial charge in [-0.2, -0.15) is 0 Å². The van der Waals surface area contributed by atoms with Crippen LogP contribution in [0.1, 0.15) is 0 Å². The number of hydrogen-bond donors (Lipinski definition) is 2. The molecule has 0 radical (unpaired) electrons. The lowest BCUT2D eigenvalue weighted by atomic mass is 10.3. The second-order valence-electron chi connectivity index (χ2n) is 2.81. The molecule has 0 saturated carbocycles. The summed E-state index contributed by atoms with van der Waals surface area (Å²) in [5, 5.41) is 8.09. The summed E-state index contributed by atoms with van der Waals surface area (Å²) in [5.74, 6) is -12.9. The van der Waals surface area contributed by atoms with E-state index in [1.54, 1.807) is 0 Å². The minimum Gasteiger partial charge on any atom is -0.464 e.